The van der Waals surface area contributed by atoms with Crippen molar-refractivity contribution in [2.75, 3.05) is 19.5 Å². The highest BCUT2D eigenvalue weighted by atomic mass is 32.1. The molecule has 3 rings (SSSR count). The molecule has 4 heteroatoms. The van der Waals surface area contributed by atoms with E-state index in [0.29, 0.717) is 5.92 Å². The van der Waals surface area contributed by atoms with Crippen molar-refractivity contribution >= 4 is 27.2 Å². The molecule has 2 aromatic rings. The molecule has 3 nitrogen and oxygen atoms in total. The molecule has 1 N–H and O–H groups in total. The summed E-state index contributed by atoms with van der Waals surface area (Å²) in [6.07, 6.45) is 5.26. The summed E-state index contributed by atoms with van der Waals surface area (Å²) in [7, 11) is 3.63. The SMILES string of the molecule is CNc1cc2sc(C3CCC(C)CC3)nc2cc1OC. The Balaban J connectivity index is 1.94. The first-order chi connectivity index (χ1) is 9.71. The van der Waals surface area contributed by atoms with Gasteiger partial charge in [0, 0.05) is 19.0 Å². The van der Waals surface area contributed by atoms with E-state index >= 15 is 0 Å². The first kappa shape index (κ1) is 13.7. The maximum Gasteiger partial charge on any atom is 0.144 e. The number of thiazole rings is 1. The van der Waals surface area contributed by atoms with Gasteiger partial charge < -0.3 is 10.1 Å². The fourth-order valence-corrected chi connectivity index (χ4v) is 4.18. The number of benzene rings is 1. The van der Waals surface area contributed by atoms with Gasteiger partial charge in [0.1, 0.15) is 5.75 Å². The molecule has 0 amide bonds. The van der Waals surface area contributed by atoms with Crippen LogP contribution in [-0.4, -0.2) is 19.1 Å². The van der Waals surface area contributed by atoms with Gasteiger partial charge in [-0.25, -0.2) is 4.98 Å². The van der Waals surface area contributed by atoms with Crippen LogP contribution in [0.1, 0.15) is 43.5 Å². The van der Waals surface area contributed by atoms with Gasteiger partial charge in [-0.15, -0.1) is 11.3 Å². The number of ether oxygens (including phenoxy) is 1. The quantitative estimate of drug-likeness (QED) is 0.894. The van der Waals surface area contributed by atoms with Crippen LogP contribution in [0.4, 0.5) is 5.69 Å². The Morgan fingerprint density at radius 1 is 1.25 bits per heavy atom. The second kappa shape index (κ2) is 5.60. The third-order valence-corrected chi connectivity index (χ3v) is 5.54. The molecule has 20 heavy (non-hydrogen) atoms. The van der Waals surface area contributed by atoms with Crippen molar-refractivity contribution in [3.05, 3.63) is 17.1 Å². The fourth-order valence-electron chi connectivity index (χ4n) is 3.02. The summed E-state index contributed by atoms with van der Waals surface area (Å²) < 4.78 is 6.67. The minimum atomic E-state index is 0.660. The average Bonchev–Trinajstić information content (AvgIpc) is 2.89. The van der Waals surface area contributed by atoms with E-state index in [-0.39, 0.29) is 0 Å². The van der Waals surface area contributed by atoms with Crippen LogP contribution in [0.25, 0.3) is 10.2 Å². The van der Waals surface area contributed by atoms with Crippen LogP contribution in [-0.2, 0) is 0 Å². The second-order valence-corrected chi connectivity index (χ2v) is 6.84. The minimum Gasteiger partial charge on any atom is -0.495 e. The lowest BCUT2D eigenvalue weighted by atomic mass is 9.83. The highest BCUT2D eigenvalue weighted by molar-refractivity contribution is 7.18. The molecule has 108 valence electrons. The van der Waals surface area contributed by atoms with E-state index in [4.69, 9.17) is 9.72 Å². The van der Waals surface area contributed by atoms with Crippen molar-refractivity contribution < 1.29 is 4.74 Å². The molecule has 0 atom stereocenters. The second-order valence-electron chi connectivity index (χ2n) is 5.78. The summed E-state index contributed by atoms with van der Waals surface area (Å²) in [4.78, 5) is 4.86. The van der Waals surface area contributed by atoms with Crippen molar-refractivity contribution in [1.29, 1.82) is 0 Å². The molecule has 1 aromatic carbocycles. The molecule has 1 aromatic heterocycles. The standard InChI is InChI=1S/C16H22N2OS/c1-10-4-6-11(7-5-10)16-18-13-8-14(19-3)12(17-2)9-15(13)20-16/h8-11,17H,4-7H2,1-3H3. The zero-order valence-corrected chi connectivity index (χ0v) is 13.2. The molecule has 0 unspecified atom stereocenters. The summed E-state index contributed by atoms with van der Waals surface area (Å²) in [6, 6.07) is 4.20. The highest BCUT2D eigenvalue weighted by Crippen LogP contribution is 2.40. The number of fused-ring (bicyclic) bond motifs is 1. The van der Waals surface area contributed by atoms with Crippen molar-refractivity contribution in [2.45, 2.75) is 38.5 Å². The van der Waals surface area contributed by atoms with Crippen LogP contribution in [0.15, 0.2) is 12.1 Å². The average molecular weight is 290 g/mol. The topological polar surface area (TPSA) is 34.2 Å². The van der Waals surface area contributed by atoms with Gasteiger partial charge in [-0.1, -0.05) is 19.8 Å². The Morgan fingerprint density at radius 2 is 2.00 bits per heavy atom. The molecule has 0 saturated heterocycles. The Bertz CT molecular complexity index is 559. The Kier molecular flexibility index (Phi) is 3.83. The molecule has 0 aliphatic heterocycles. The van der Waals surface area contributed by atoms with E-state index in [1.807, 2.05) is 24.5 Å². The summed E-state index contributed by atoms with van der Waals surface area (Å²) in [5, 5.41) is 4.49. The molecule has 0 bridgehead atoms. The van der Waals surface area contributed by atoms with E-state index in [0.717, 1.165) is 22.9 Å². The number of hydrogen-bond donors (Lipinski definition) is 1. The number of methoxy groups -OCH3 is 1. The number of rotatable bonds is 3. The van der Waals surface area contributed by atoms with Gasteiger partial charge >= 0.3 is 0 Å². The maximum atomic E-state index is 5.42. The van der Waals surface area contributed by atoms with Crippen LogP contribution in [0.3, 0.4) is 0 Å². The first-order valence-corrected chi connectivity index (χ1v) is 8.19. The highest BCUT2D eigenvalue weighted by Gasteiger charge is 2.23. The first-order valence-electron chi connectivity index (χ1n) is 7.37. The lowest BCUT2D eigenvalue weighted by molar-refractivity contribution is 0.347. The summed E-state index contributed by atoms with van der Waals surface area (Å²) >= 11 is 1.85. The van der Waals surface area contributed by atoms with E-state index in [1.54, 1.807) is 7.11 Å². The largest absolute Gasteiger partial charge is 0.495 e. The van der Waals surface area contributed by atoms with Gasteiger partial charge in [0.2, 0.25) is 0 Å². The molecule has 1 fully saturated rings. The molecule has 1 aliphatic rings. The molecular formula is C16H22N2OS. The van der Waals surface area contributed by atoms with E-state index < -0.39 is 0 Å². The van der Waals surface area contributed by atoms with Crippen LogP contribution >= 0.6 is 11.3 Å². The van der Waals surface area contributed by atoms with Crippen LogP contribution in [0, 0.1) is 5.92 Å². The third kappa shape index (κ3) is 2.49. The maximum absolute atomic E-state index is 5.42. The molecular weight excluding hydrogens is 268 g/mol. The number of anilines is 1. The Hall–Kier alpha value is -1.29. The van der Waals surface area contributed by atoms with Gasteiger partial charge in [-0.05, 0) is 24.8 Å². The van der Waals surface area contributed by atoms with Gasteiger partial charge in [0.15, 0.2) is 0 Å². The zero-order chi connectivity index (χ0) is 14.1. The lowest BCUT2D eigenvalue weighted by Crippen LogP contribution is -2.10. The van der Waals surface area contributed by atoms with Crippen molar-refractivity contribution in [1.82, 2.24) is 4.98 Å². The number of aromatic nitrogens is 1. The molecule has 1 aliphatic carbocycles. The Morgan fingerprint density at radius 3 is 2.65 bits per heavy atom. The molecule has 0 radical (unpaired) electrons. The predicted molar refractivity (Wildman–Crippen MR) is 86.1 cm³/mol. The van der Waals surface area contributed by atoms with Crippen LogP contribution < -0.4 is 10.1 Å². The smallest absolute Gasteiger partial charge is 0.144 e. The van der Waals surface area contributed by atoms with Crippen LogP contribution in [0.2, 0.25) is 0 Å². The zero-order valence-electron chi connectivity index (χ0n) is 12.4. The molecule has 1 heterocycles. The van der Waals surface area contributed by atoms with Gasteiger partial charge in [0.25, 0.3) is 0 Å². The number of hydrogen-bond acceptors (Lipinski definition) is 4. The van der Waals surface area contributed by atoms with Crippen molar-refractivity contribution in [3.63, 3.8) is 0 Å². The van der Waals surface area contributed by atoms with E-state index in [1.165, 1.54) is 35.4 Å². The van der Waals surface area contributed by atoms with E-state index in [9.17, 15) is 0 Å². The Labute approximate surface area is 124 Å². The normalized spacial score (nSPS) is 22.9. The van der Waals surface area contributed by atoms with Crippen LogP contribution in [0.5, 0.6) is 5.75 Å². The van der Waals surface area contributed by atoms with Gasteiger partial charge in [-0.3, -0.25) is 0 Å². The van der Waals surface area contributed by atoms with Crippen molar-refractivity contribution in [2.24, 2.45) is 5.92 Å². The van der Waals surface area contributed by atoms with Crippen molar-refractivity contribution in [3.8, 4) is 5.75 Å². The minimum absolute atomic E-state index is 0.660. The summed E-state index contributed by atoms with van der Waals surface area (Å²) in [5.41, 5.74) is 2.10. The van der Waals surface area contributed by atoms with Gasteiger partial charge in [-0.2, -0.15) is 0 Å². The third-order valence-electron chi connectivity index (χ3n) is 4.36. The fraction of sp³-hybridized carbons (Fsp3) is 0.562. The predicted octanol–water partition coefficient (Wildman–Crippen LogP) is 4.64. The lowest BCUT2D eigenvalue weighted by Gasteiger charge is -2.24. The number of nitrogens with zero attached hydrogens (tertiary/aromatic N) is 1. The monoisotopic (exact) mass is 290 g/mol. The van der Waals surface area contributed by atoms with E-state index in [2.05, 4.69) is 18.3 Å². The molecule has 1 saturated carbocycles. The number of nitrogens with one attached hydrogen (secondary N) is 1. The summed E-state index contributed by atoms with van der Waals surface area (Å²) in [6.45, 7) is 2.36. The summed E-state index contributed by atoms with van der Waals surface area (Å²) in [5.74, 6) is 2.42. The van der Waals surface area contributed by atoms with Gasteiger partial charge in [0.05, 0.1) is 28.0 Å². The molecule has 0 spiro atoms.